The van der Waals surface area contributed by atoms with Gasteiger partial charge in [-0.25, -0.2) is 0 Å². The molecule has 0 spiro atoms. The van der Waals surface area contributed by atoms with Crippen LogP contribution >= 0.6 is 0 Å². The fourth-order valence-corrected chi connectivity index (χ4v) is 5.59. The first-order chi connectivity index (χ1) is 15.3. The molecule has 2 saturated heterocycles. The van der Waals surface area contributed by atoms with Crippen LogP contribution in [-0.4, -0.2) is 46.2 Å². The van der Waals surface area contributed by atoms with E-state index in [0.717, 1.165) is 75.2 Å². The Kier molecular flexibility index (Phi) is 5.12. The van der Waals surface area contributed by atoms with E-state index in [1.54, 1.807) is 0 Å². The summed E-state index contributed by atoms with van der Waals surface area (Å²) in [6.07, 6.45) is 2.33. The van der Waals surface area contributed by atoms with Gasteiger partial charge in [0.05, 0.1) is 13.2 Å². The summed E-state index contributed by atoms with van der Waals surface area (Å²) in [5, 5.41) is 7.04. The summed E-state index contributed by atoms with van der Waals surface area (Å²) in [5.41, 5.74) is 2.51. The van der Waals surface area contributed by atoms with Gasteiger partial charge in [-0.1, -0.05) is 0 Å². The lowest BCUT2D eigenvalue weighted by molar-refractivity contribution is 0.117. The molecule has 2 fully saturated rings. The average molecular weight is 423 g/mol. The minimum Gasteiger partial charge on any atom is -0.493 e. The molecule has 0 bridgehead atoms. The molecular formula is C25H30N2O4. The van der Waals surface area contributed by atoms with Crippen molar-refractivity contribution in [3.63, 3.8) is 0 Å². The van der Waals surface area contributed by atoms with E-state index in [1.165, 1.54) is 11.1 Å². The highest BCUT2D eigenvalue weighted by Gasteiger charge is 2.34. The van der Waals surface area contributed by atoms with Crippen molar-refractivity contribution in [2.75, 3.05) is 46.2 Å². The first kappa shape index (κ1) is 19.3. The Labute approximate surface area is 183 Å². The molecule has 0 radical (unpaired) electrons. The Morgan fingerprint density at radius 1 is 0.742 bits per heavy atom. The van der Waals surface area contributed by atoms with E-state index in [0.29, 0.717) is 23.7 Å². The summed E-state index contributed by atoms with van der Waals surface area (Å²) in [4.78, 5) is 0. The maximum absolute atomic E-state index is 5.99. The van der Waals surface area contributed by atoms with Gasteiger partial charge in [0.2, 0.25) is 6.79 Å². The second-order valence-corrected chi connectivity index (χ2v) is 9.15. The quantitative estimate of drug-likeness (QED) is 0.738. The highest BCUT2D eigenvalue weighted by atomic mass is 16.7. The van der Waals surface area contributed by atoms with Crippen molar-refractivity contribution in [2.45, 2.75) is 24.7 Å². The van der Waals surface area contributed by atoms with Crippen LogP contribution in [0.3, 0.4) is 0 Å². The monoisotopic (exact) mass is 422 g/mol. The van der Waals surface area contributed by atoms with Crippen LogP contribution in [0.4, 0.5) is 0 Å². The zero-order valence-corrected chi connectivity index (χ0v) is 17.8. The standard InChI is InChI=1S/C25H30N2O4/c1-3-24-20(22-11-26-7-5-16(22)13-28-24)9-18(1)30-15-31-19-2-4-25-21(10-19)23-12-27-8-6-17(23)14-29-25/h1-4,9-10,16-17,22-23,26-27H,5-8,11-15H2/t16-,17-,22-,23-/m0/s1. The number of hydrogen-bond donors (Lipinski definition) is 2. The van der Waals surface area contributed by atoms with E-state index in [-0.39, 0.29) is 6.79 Å². The van der Waals surface area contributed by atoms with Gasteiger partial charge in [0.15, 0.2) is 0 Å². The number of piperidine rings is 2. The van der Waals surface area contributed by atoms with Crippen LogP contribution in [0.1, 0.15) is 35.8 Å². The van der Waals surface area contributed by atoms with Crippen molar-refractivity contribution >= 4 is 0 Å². The number of ether oxygens (including phenoxy) is 4. The Hall–Kier alpha value is -2.44. The fraction of sp³-hybridized carbons (Fsp3) is 0.520. The van der Waals surface area contributed by atoms with Crippen molar-refractivity contribution in [1.29, 1.82) is 0 Å². The van der Waals surface area contributed by atoms with Gasteiger partial charge in [0.1, 0.15) is 23.0 Å². The second-order valence-electron chi connectivity index (χ2n) is 9.15. The molecule has 2 N–H and O–H groups in total. The molecule has 0 aliphatic carbocycles. The maximum Gasteiger partial charge on any atom is 0.230 e. The van der Waals surface area contributed by atoms with Crippen LogP contribution in [0.15, 0.2) is 36.4 Å². The molecule has 4 aliphatic rings. The second kappa shape index (κ2) is 8.24. The molecule has 6 nitrogen and oxygen atoms in total. The molecule has 4 heterocycles. The predicted octanol–water partition coefficient (Wildman–Crippen LogP) is 3.27. The van der Waals surface area contributed by atoms with Gasteiger partial charge >= 0.3 is 0 Å². The van der Waals surface area contributed by atoms with E-state index >= 15 is 0 Å². The van der Waals surface area contributed by atoms with Crippen LogP contribution in [0.5, 0.6) is 23.0 Å². The summed E-state index contributed by atoms with van der Waals surface area (Å²) in [6.45, 7) is 5.99. The minimum absolute atomic E-state index is 0.179. The van der Waals surface area contributed by atoms with E-state index in [9.17, 15) is 0 Å². The molecule has 0 unspecified atom stereocenters. The molecule has 6 rings (SSSR count). The maximum atomic E-state index is 5.99. The van der Waals surface area contributed by atoms with Crippen molar-refractivity contribution in [3.8, 4) is 23.0 Å². The smallest absolute Gasteiger partial charge is 0.230 e. The average Bonchev–Trinajstić information content (AvgIpc) is 2.84. The van der Waals surface area contributed by atoms with Crippen LogP contribution in [0.2, 0.25) is 0 Å². The van der Waals surface area contributed by atoms with Crippen molar-refractivity contribution in [3.05, 3.63) is 47.5 Å². The van der Waals surface area contributed by atoms with Crippen LogP contribution in [-0.2, 0) is 0 Å². The molecule has 164 valence electrons. The number of benzene rings is 2. The van der Waals surface area contributed by atoms with Gasteiger partial charge in [-0.2, -0.15) is 0 Å². The molecule has 6 heteroatoms. The Balaban J connectivity index is 1.13. The van der Waals surface area contributed by atoms with Crippen LogP contribution < -0.4 is 29.6 Å². The number of fused-ring (bicyclic) bond motifs is 6. The lowest BCUT2D eigenvalue weighted by atomic mass is 9.80. The molecule has 0 saturated carbocycles. The Morgan fingerprint density at radius 3 is 1.77 bits per heavy atom. The van der Waals surface area contributed by atoms with E-state index < -0.39 is 0 Å². The number of rotatable bonds is 4. The molecule has 4 aliphatic heterocycles. The van der Waals surface area contributed by atoms with E-state index in [2.05, 4.69) is 22.8 Å². The highest BCUT2D eigenvalue weighted by molar-refractivity contribution is 5.46. The van der Waals surface area contributed by atoms with E-state index in [4.69, 9.17) is 18.9 Å². The Bertz CT molecular complexity index is 874. The van der Waals surface area contributed by atoms with Crippen LogP contribution in [0, 0.1) is 11.8 Å². The molecule has 2 aromatic carbocycles. The number of nitrogens with one attached hydrogen (secondary N) is 2. The van der Waals surface area contributed by atoms with Gasteiger partial charge in [0, 0.05) is 47.9 Å². The molecule has 0 aromatic heterocycles. The first-order valence-electron chi connectivity index (χ1n) is 11.6. The van der Waals surface area contributed by atoms with E-state index in [1.807, 2.05) is 24.3 Å². The zero-order valence-electron chi connectivity index (χ0n) is 17.8. The van der Waals surface area contributed by atoms with Gasteiger partial charge < -0.3 is 29.6 Å². The summed E-state index contributed by atoms with van der Waals surface area (Å²) in [5.74, 6) is 5.82. The van der Waals surface area contributed by atoms with Crippen molar-refractivity contribution < 1.29 is 18.9 Å². The SMILES string of the molecule is c1cc2c(cc1OCOc1ccc3c(c1)[C@H]1CNCC[C@H]1CO3)[C@H]1CNCC[C@H]1CO2. The van der Waals surface area contributed by atoms with Gasteiger partial charge in [-0.15, -0.1) is 0 Å². The summed E-state index contributed by atoms with van der Waals surface area (Å²) < 4.78 is 23.9. The summed E-state index contributed by atoms with van der Waals surface area (Å²) in [6, 6.07) is 12.3. The first-order valence-corrected chi connectivity index (χ1v) is 11.6. The lowest BCUT2D eigenvalue weighted by Crippen LogP contribution is -2.40. The molecule has 31 heavy (non-hydrogen) atoms. The third-order valence-corrected chi connectivity index (χ3v) is 7.37. The van der Waals surface area contributed by atoms with Crippen molar-refractivity contribution in [2.24, 2.45) is 11.8 Å². The van der Waals surface area contributed by atoms with Gasteiger partial charge in [-0.3, -0.25) is 0 Å². The fourth-order valence-electron chi connectivity index (χ4n) is 5.59. The highest BCUT2D eigenvalue weighted by Crippen LogP contribution is 2.42. The molecule has 4 atom stereocenters. The summed E-state index contributed by atoms with van der Waals surface area (Å²) in [7, 11) is 0. The lowest BCUT2D eigenvalue weighted by Gasteiger charge is -2.37. The topological polar surface area (TPSA) is 61.0 Å². The predicted molar refractivity (Wildman–Crippen MR) is 117 cm³/mol. The van der Waals surface area contributed by atoms with Gasteiger partial charge in [-0.05, 0) is 62.3 Å². The molecular weight excluding hydrogens is 392 g/mol. The molecule has 0 amide bonds. The third-order valence-electron chi connectivity index (χ3n) is 7.37. The van der Waals surface area contributed by atoms with Crippen molar-refractivity contribution in [1.82, 2.24) is 10.6 Å². The normalized spacial score (nSPS) is 28.6. The third kappa shape index (κ3) is 3.72. The zero-order chi connectivity index (χ0) is 20.6. The summed E-state index contributed by atoms with van der Waals surface area (Å²) >= 11 is 0. The number of hydrogen-bond acceptors (Lipinski definition) is 6. The Morgan fingerprint density at radius 2 is 1.26 bits per heavy atom. The molecule has 2 aromatic rings. The van der Waals surface area contributed by atoms with Gasteiger partial charge in [0.25, 0.3) is 0 Å². The van der Waals surface area contributed by atoms with Crippen LogP contribution in [0.25, 0.3) is 0 Å². The largest absolute Gasteiger partial charge is 0.493 e. The minimum atomic E-state index is 0.179.